The van der Waals surface area contributed by atoms with Gasteiger partial charge in [-0.1, -0.05) is 57.8 Å². The highest BCUT2D eigenvalue weighted by Gasteiger charge is 2.31. The van der Waals surface area contributed by atoms with Crippen molar-refractivity contribution in [3.05, 3.63) is 0 Å². The van der Waals surface area contributed by atoms with E-state index in [9.17, 15) is 5.26 Å². The van der Waals surface area contributed by atoms with Gasteiger partial charge in [0.1, 0.15) is 5.54 Å². The molecule has 0 aromatic carbocycles. The molecule has 2 aliphatic carbocycles. The summed E-state index contributed by atoms with van der Waals surface area (Å²) in [5.74, 6) is 0.867. The van der Waals surface area contributed by atoms with Crippen molar-refractivity contribution < 1.29 is 0 Å². The topological polar surface area (TPSA) is 35.8 Å². The summed E-state index contributed by atoms with van der Waals surface area (Å²) in [6.45, 7) is 1.08. The van der Waals surface area contributed by atoms with E-state index in [1.807, 2.05) is 0 Å². The summed E-state index contributed by atoms with van der Waals surface area (Å²) in [6, 6.07) is 2.64. The zero-order chi connectivity index (χ0) is 13.4. The molecule has 19 heavy (non-hydrogen) atoms. The number of nitrogens with zero attached hydrogens (tertiary/aromatic N) is 1. The summed E-state index contributed by atoms with van der Waals surface area (Å²) in [6.07, 6.45) is 16.9. The lowest BCUT2D eigenvalue weighted by atomic mass is 9.86. The van der Waals surface area contributed by atoms with Crippen molar-refractivity contribution in [3.8, 4) is 6.07 Å². The third kappa shape index (κ3) is 5.53. The van der Waals surface area contributed by atoms with Gasteiger partial charge in [0.2, 0.25) is 0 Å². The van der Waals surface area contributed by atoms with Crippen LogP contribution in [0, 0.1) is 17.2 Å². The van der Waals surface area contributed by atoms with Crippen LogP contribution in [0.5, 0.6) is 0 Å². The van der Waals surface area contributed by atoms with E-state index in [1.165, 1.54) is 70.6 Å². The molecule has 2 saturated carbocycles. The van der Waals surface area contributed by atoms with E-state index in [4.69, 9.17) is 0 Å². The first-order valence-corrected chi connectivity index (χ1v) is 8.51. The minimum atomic E-state index is -0.207. The molecule has 0 aliphatic heterocycles. The maximum absolute atomic E-state index is 9.67. The normalized spacial score (nSPS) is 25.8. The summed E-state index contributed by atoms with van der Waals surface area (Å²) in [5, 5.41) is 13.3. The molecule has 108 valence electrons. The fraction of sp³-hybridized carbons (Fsp3) is 0.941. The molecule has 0 bridgehead atoms. The van der Waals surface area contributed by atoms with Crippen LogP contribution in [0.3, 0.4) is 0 Å². The second-order valence-electron chi connectivity index (χ2n) is 6.70. The Labute approximate surface area is 119 Å². The number of hydrogen-bond acceptors (Lipinski definition) is 2. The maximum atomic E-state index is 9.67. The van der Waals surface area contributed by atoms with Gasteiger partial charge in [-0.05, 0) is 38.1 Å². The molecule has 0 heterocycles. The Kier molecular flexibility index (Phi) is 6.17. The Morgan fingerprint density at radius 2 is 1.32 bits per heavy atom. The zero-order valence-corrected chi connectivity index (χ0v) is 12.4. The predicted octanol–water partition coefficient (Wildman–Crippen LogP) is 4.55. The molecule has 2 nitrogen and oxygen atoms in total. The van der Waals surface area contributed by atoms with Gasteiger partial charge in [0.25, 0.3) is 0 Å². The monoisotopic (exact) mass is 262 g/mol. The molecule has 0 aromatic heterocycles. The van der Waals surface area contributed by atoms with Gasteiger partial charge in [-0.15, -0.1) is 0 Å². The van der Waals surface area contributed by atoms with Crippen molar-refractivity contribution in [2.24, 2.45) is 5.92 Å². The second-order valence-corrected chi connectivity index (χ2v) is 6.70. The second kappa shape index (κ2) is 7.90. The van der Waals surface area contributed by atoms with E-state index >= 15 is 0 Å². The smallest absolute Gasteiger partial charge is 0.106 e. The Hall–Kier alpha value is -0.550. The highest BCUT2D eigenvalue weighted by atomic mass is 15.0. The van der Waals surface area contributed by atoms with Crippen molar-refractivity contribution in [2.45, 2.75) is 89.0 Å². The van der Waals surface area contributed by atoms with Crippen LogP contribution < -0.4 is 5.32 Å². The average Bonchev–Trinajstić information content (AvgIpc) is 3.23. The maximum Gasteiger partial charge on any atom is 0.106 e. The fourth-order valence-electron chi connectivity index (χ4n) is 3.21. The molecule has 0 spiro atoms. The third-order valence-electron chi connectivity index (χ3n) is 4.85. The average molecular weight is 262 g/mol. The number of rotatable bonds is 3. The molecule has 2 fully saturated rings. The molecule has 2 aliphatic rings. The molecule has 0 aromatic rings. The number of nitrogens with one attached hydrogen (secondary N) is 1. The van der Waals surface area contributed by atoms with Crippen LogP contribution >= 0.6 is 0 Å². The van der Waals surface area contributed by atoms with Crippen LogP contribution in [0.2, 0.25) is 0 Å². The molecule has 0 atom stereocenters. The molecule has 0 radical (unpaired) electrons. The minimum Gasteiger partial charge on any atom is -0.299 e. The molecule has 1 N–H and O–H groups in total. The van der Waals surface area contributed by atoms with Gasteiger partial charge < -0.3 is 0 Å². The molecular weight excluding hydrogens is 232 g/mol. The van der Waals surface area contributed by atoms with Crippen LogP contribution in [0.15, 0.2) is 0 Å². The molecule has 2 heteroatoms. The summed E-state index contributed by atoms with van der Waals surface area (Å²) < 4.78 is 0. The van der Waals surface area contributed by atoms with Crippen LogP contribution in [-0.4, -0.2) is 12.1 Å². The summed E-state index contributed by atoms with van der Waals surface area (Å²) in [4.78, 5) is 0. The van der Waals surface area contributed by atoms with Crippen LogP contribution in [-0.2, 0) is 0 Å². The van der Waals surface area contributed by atoms with Crippen LogP contribution in [0.4, 0.5) is 0 Å². The molecular formula is C17H30N2. The van der Waals surface area contributed by atoms with Gasteiger partial charge in [-0.25, -0.2) is 0 Å². The quantitative estimate of drug-likeness (QED) is 0.809. The van der Waals surface area contributed by atoms with Gasteiger partial charge in [-0.2, -0.15) is 5.26 Å². The lowest BCUT2D eigenvalue weighted by Gasteiger charge is -2.28. The standard InChI is InChI=1S/C17H30N2/c18-15-17(19-14-16-10-11-16)12-8-6-4-2-1-3-5-7-9-13-17/h16,19H,1-14H2. The predicted molar refractivity (Wildman–Crippen MR) is 79.9 cm³/mol. The largest absolute Gasteiger partial charge is 0.299 e. The van der Waals surface area contributed by atoms with Crippen LogP contribution in [0.25, 0.3) is 0 Å². The van der Waals surface area contributed by atoms with Crippen molar-refractivity contribution in [1.29, 1.82) is 5.26 Å². The summed E-state index contributed by atoms with van der Waals surface area (Å²) >= 11 is 0. The third-order valence-corrected chi connectivity index (χ3v) is 4.85. The molecule has 0 amide bonds. The van der Waals surface area contributed by atoms with E-state index in [0.29, 0.717) is 0 Å². The summed E-state index contributed by atoms with van der Waals surface area (Å²) in [5.41, 5.74) is -0.207. The van der Waals surface area contributed by atoms with E-state index in [-0.39, 0.29) is 5.54 Å². The van der Waals surface area contributed by atoms with Gasteiger partial charge in [0, 0.05) is 0 Å². The minimum absolute atomic E-state index is 0.207. The van der Waals surface area contributed by atoms with E-state index in [1.54, 1.807) is 0 Å². The highest BCUT2D eigenvalue weighted by Crippen LogP contribution is 2.30. The Morgan fingerprint density at radius 1 is 0.842 bits per heavy atom. The number of nitriles is 1. The fourth-order valence-corrected chi connectivity index (χ4v) is 3.21. The SMILES string of the molecule is N#CC1(NCC2CC2)CCCCCCCCCCC1. The Morgan fingerprint density at radius 3 is 1.74 bits per heavy atom. The Bertz CT molecular complexity index is 276. The van der Waals surface area contributed by atoms with Crippen LogP contribution in [0.1, 0.15) is 83.5 Å². The van der Waals surface area contributed by atoms with E-state index in [2.05, 4.69) is 11.4 Å². The van der Waals surface area contributed by atoms with Crippen molar-refractivity contribution in [1.82, 2.24) is 5.32 Å². The first-order chi connectivity index (χ1) is 9.35. The van der Waals surface area contributed by atoms with Crippen molar-refractivity contribution in [3.63, 3.8) is 0 Å². The van der Waals surface area contributed by atoms with E-state index < -0.39 is 0 Å². The summed E-state index contributed by atoms with van der Waals surface area (Å²) in [7, 11) is 0. The lowest BCUT2D eigenvalue weighted by molar-refractivity contribution is 0.325. The van der Waals surface area contributed by atoms with Gasteiger partial charge in [0.05, 0.1) is 6.07 Å². The van der Waals surface area contributed by atoms with Crippen molar-refractivity contribution in [2.75, 3.05) is 6.54 Å². The molecule has 2 rings (SSSR count). The molecule has 0 saturated heterocycles. The van der Waals surface area contributed by atoms with E-state index in [0.717, 1.165) is 25.3 Å². The highest BCUT2D eigenvalue weighted by molar-refractivity contribution is 5.07. The Balaban J connectivity index is 1.84. The number of hydrogen-bond donors (Lipinski definition) is 1. The lowest BCUT2D eigenvalue weighted by Crippen LogP contribution is -2.45. The van der Waals surface area contributed by atoms with Gasteiger partial charge in [-0.3, -0.25) is 5.32 Å². The van der Waals surface area contributed by atoms with Gasteiger partial charge >= 0.3 is 0 Å². The zero-order valence-electron chi connectivity index (χ0n) is 12.4. The van der Waals surface area contributed by atoms with Gasteiger partial charge in [0.15, 0.2) is 0 Å². The first kappa shape index (κ1) is 14.9. The van der Waals surface area contributed by atoms with Crippen molar-refractivity contribution >= 4 is 0 Å². The first-order valence-electron chi connectivity index (χ1n) is 8.51. The molecule has 0 unspecified atom stereocenters.